The average Bonchev–Trinajstić information content (AvgIpc) is 3.52. The fraction of sp³-hybridized carbons (Fsp3) is 0.172. The van der Waals surface area contributed by atoms with Crippen molar-refractivity contribution in [3.63, 3.8) is 0 Å². The lowest BCUT2D eigenvalue weighted by atomic mass is 9.13. The van der Waals surface area contributed by atoms with Gasteiger partial charge in [0.05, 0.1) is 0 Å². The first-order valence-corrected chi connectivity index (χ1v) is 13.6. The molecule has 0 saturated carbocycles. The van der Waals surface area contributed by atoms with Crippen molar-refractivity contribution < 1.29 is 30.9 Å². The minimum Gasteiger partial charge on any atom is -0.381 e. The zero-order valence-corrected chi connectivity index (χ0v) is 21.5. The van der Waals surface area contributed by atoms with Crippen molar-refractivity contribution in [3.8, 4) is 0 Å². The molecule has 0 bridgehead atoms. The molecule has 0 radical (unpaired) electrons. The lowest BCUT2D eigenvalue weighted by Crippen LogP contribution is -2.74. The van der Waals surface area contributed by atoms with Crippen LogP contribution in [0.25, 0.3) is 0 Å². The van der Waals surface area contributed by atoms with Gasteiger partial charge < -0.3 is 4.74 Å². The van der Waals surface area contributed by atoms with Gasteiger partial charge in [0, 0.05) is 13.2 Å². The monoisotopic (exact) mass is 541 g/mol. The van der Waals surface area contributed by atoms with E-state index in [1.807, 2.05) is 0 Å². The molecule has 38 heavy (non-hydrogen) atoms. The van der Waals surface area contributed by atoms with Crippen molar-refractivity contribution in [1.82, 2.24) is 0 Å². The number of rotatable bonds is 4. The Bertz CT molecular complexity index is 1160. The number of hydrogen-bond donors (Lipinski definition) is 1. The molecule has 1 aliphatic rings. The van der Waals surface area contributed by atoms with Crippen molar-refractivity contribution in [1.29, 1.82) is 0 Å². The van der Waals surface area contributed by atoms with Crippen LogP contribution in [0.15, 0.2) is 121 Å². The van der Waals surface area contributed by atoms with Crippen molar-refractivity contribution in [2.45, 2.75) is 18.3 Å². The van der Waals surface area contributed by atoms with Gasteiger partial charge in [-0.05, 0) is 12.8 Å². The number of halogens is 3. The van der Waals surface area contributed by atoms with Crippen LogP contribution in [0, 0.1) is 0 Å². The van der Waals surface area contributed by atoms with E-state index in [4.69, 9.17) is 17.7 Å². The third kappa shape index (κ3) is 7.34. The highest BCUT2D eigenvalue weighted by atomic mass is 32.2. The van der Waals surface area contributed by atoms with Gasteiger partial charge in [0.2, 0.25) is 0 Å². The molecule has 0 aromatic heterocycles. The lowest BCUT2D eigenvalue weighted by Gasteiger charge is -2.44. The molecule has 0 spiro atoms. The molecule has 9 heteroatoms. The van der Waals surface area contributed by atoms with Crippen molar-refractivity contribution in [2.75, 3.05) is 13.2 Å². The van der Waals surface area contributed by atoms with Gasteiger partial charge in [-0.2, -0.15) is 43.4 Å². The normalized spacial score (nSPS) is 13.5. The highest BCUT2D eigenvalue weighted by molar-refractivity contribution is 7.86. The average molecular weight is 541 g/mol. The van der Waals surface area contributed by atoms with Gasteiger partial charge in [0.15, 0.2) is 0 Å². The van der Waals surface area contributed by atoms with Crippen molar-refractivity contribution in [3.05, 3.63) is 121 Å². The molecule has 4 aromatic rings. The largest absolute Gasteiger partial charge is 0.522 e. The number of alkyl halides is 3. The standard InChI is InChI=1S/C24H20B.C4H8O.CHF3O3S/c1-5-13-21(14-6-1)25(22-15-7-2-8-16-22,23-17-9-3-10-18-23)24-19-11-4-12-20-24;1-2-4-5-3-1;2-1(3,4)8(5,6)7/h1-20H;1-4H2;(H,5,6,7)/q-1;;. The van der Waals surface area contributed by atoms with Crippen LogP contribution >= 0.6 is 0 Å². The number of hydrogen-bond acceptors (Lipinski definition) is 3. The van der Waals surface area contributed by atoms with Gasteiger partial charge >= 0.3 is 15.6 Å². The van der Waals surface area contributed by atoms with Gasteiger partial charge in [-0.15, -0.1) is 0 Å². The second-order valence-electron chi connectivity index (χ2n) is 8.75. The fourth-order valence-corrected chi connectivity index (χ4v) is 4.63. The van der Waals surface area contributed by atoms with Gasteiger partial charge in [0.25, 0.3) is 0 Å². The quantitative estimate of drug-likeness (QED) is 0.239. The Kier molecular flexibility index (Phi) is 10.3. The molecule has 1 aliphatic heterocycles. The fourth-order valence-electron chi connectivity index (χ4n) is 4.63. The van der Waals surface area contributed by atoms with Crippen LogP contribution in [-0.4, -0.2) is 37.8 Å². The van der Waals surface area contributed by atoms with E-state index in [9.17, 15) is 13.2 Å². The molecule has 5 rings (SSSR count). The first kappa shape index (κ1) is 29.2. The number of ether oxygens (including phenoxy) is 1. The first-order chi connectivity index (χ1) is 18.2. The van der Waals surface area contributed by atoms with Crippen LogP contribution < -0.4 is 21.9 Å². The van der Waals surface area contributed by atoms with Gasteiger partial charge in [-0.1, -0.05) is 121 Å². The Balaban J connectivity index is 0.000000254. The molecule has 0 unspecified atom stereocenters. The third-order valence-electron chi connectivity index (χ3n) is 6.32. The summed E-state index contributed by atoms with van der Waals surface area (Å²) in [6.07, 6.45) is 1.34. The smallest absolute Gasteiger partial charge is 0.381 e. The summed E-state index contributed by atoms with van der Waals surface area (Å²) < 4.78 is 62.5. The highest BCUT2D eigenvalue weighted by Crippen LogP contribution is 2.20. The predicted molar refractivity (Wildman–Crippen MR) is 148 cm³/mol. The van der Waals surface area contributed by atoms with Crippen LogP contribution in [0.5, 0.6) is 0 Å². The van der Waals surface area contributed by atoms with Crippen molar-refractivity contribution in [2.24, 2.45) is 0 Å². The van der Waals surface area contributed by atoms with E-state index in [1.165, 1.54) is 34.7 Å². The van der Waals surface area contributed by atoms with Gasteiger partial charge in [-0.3, -0.25) is 4.55 Å². The summed E-state index contributed by atoms with van der Waals surface area (Å²) in [7, 11) is -5.84. The Morgan fingerprint density at radius 1 is 0.579 bits per heavy atom. The van der Waals surface area contributed by atoms with E-state index in [1.54, 1.807) is 0 Å². The first-order valence-electron chi connectivity index (χ1n) is 12.2. The van der Waals surface area contributed by atoms with Crippen LogP contribution in [0.3, 0.4) is 0 Å². The summed E-state index contributed by atoms with van der Waals surface area (Å²) in [6.45, 7) is 2.00. The predicted octanol–water partition coefficient (Wildman–Crippen LogP) is 4.25. The molecule has 0 atom stereocenters. The molecular weight excluding hydrogens is 512 g/mol. The van der Waals surface area contributed by atoms with E-state index in [2.05, 4.69) is 121 Å². The second-order valence-corrected chi connectivity index (χ2v) is 10.2. The summed E-state index contributed by atoms with van der Waals surface area (Å²) in [5.41, 5.74) is -0.179. The maximum Gasteiger partial charge on any atom is 0.522 e. The molecule has 0 aliphatic carbocycles. The molecule has 1 saturated heterocycles. The Hall–Kier alpha value is -3.40. The van der Waals surface area contributed by atoms with E-state index in [-0.39, 0.29) is 0 Å². The zero-order chi connectivity index (χ0) is 27.5. The molecular formula is C29H29BF3O4S-. The SMILES string of the molecule is C1CCOC1.O=S(=O)(O)C(F)(F)F.c1ccc([B-](c2ccccc2)(c2ccccc2)c2ccccc2)cc1. The molecule has 1 N–H and O–H groups in total. The van der Waals surface area contributed by atoms with Gasteiger partial charge in [-0.25, -0.2) is 0 Å². The van der Waals surface area contributed by atoms with E-state index in [0.717, 1.165) is 13.2 Å². The van der Waals surface area contributed by atoms with Crippen molar-refractivity contribution >= 4 is 38.1 Å². The summed E-state index contributed by atoms with van der Waals surface area (Å²) in [6, 6.07) is 43.5. The minimum absolute atomic E-state index is 1.00. The van der Waals surface area contributed by atoms with Gasteiger partial charge in [0.1, 0.15) is 6.15 Å². The maximum absolute atomic E-state index is 10.7. The summed E-state index contributed by atoms with van der Waals surface area (Å²) >= 11 is 0. The number of benzene rings is 4. The molecule has 1 heterocycles. The molecule has 0 amide bonds. The molecule has 1 fully saturated rings. The van der Waals surface area contributed by atoms with E-state index in [0.29, 0.717) is 0 Å². The Labute approximate surface area is 221 Å². The molecule has 4 nitrogen and oxygen atoms in total. The lowest BCUT2D eigenvalue weighted by molar-refractivity contribution is -0.0510. The zero-order valence-electron chi connectivity index (χ0n) is 20.7. The van der Waals surface area contributed by atoms with Crippen LogP contribution in [0.2, 0.25) is 0 Å². The molecule has 4 aromatic carbocycles. The second kappa shape index (κ2) is 13.4. The Morgan fingerprint density at radius 3 is 0.974 bits per heavy atom. The maximum atomic E-state index is 10.7. The summed E-state index contributed by atoms with van der Waals surface area (Å²) in [4.78, 5) is 0. The van der Waals surface area contributed by atoms with Crippen LogP contribution in [0.4, 0.5) is 13.2 Å². The Morgan fingerprint density at radius 2 is 0.816 bits per heavy atom. The van der Waals surface area contributed by atoms with E-state index >= 15 is 0 Å². The van der Waals surface area contributed by atoms with E-state index < -0.39 is 21.8 Å². The van der Waals surface area contributed by atoms with Crippen LogP contribution in [-0.2, 0) is 14.9 Å². The third-order valence-corrected chi connectivity index (χ3v) is 6.90. The molecule has 200 valence electrons. The summed E-state index contributed by atoms with van der Waals surface area (Å²) in [5.74, 6) is 0. The minimum atomic E-state index is -5.84. The van der Waals surface area contributed by atoms with Crippen LogP contribution in [0.1, 0.15) is 12.8 Å². The summed E-state index contributed by atoms with van der Waals surface area (Å²) in [5, 5.41) is 0. The highest BCUT2D eigenvalue weighted by Gasteiger charge is 2.44. The topological polar surface area (TPSA) is 63.6 Å².